The van der Waals surface area contributed by atoms with Crippen molar-refractivity contribution in [1.82, 2.24) is 0 Å². The third-order valence-electron chi connectivity index (χ3n) is 4.01. The number of alkyl halides is 3. The second-order valence-electron chi connectivity index (χ2n) is 5.58. The van der Waals surface area contributed by atoms with Crippen molar-refractivity contribution < 1.29 is 13.2 Å². The van der Waals surface area contributed by atoms with E-state index < -0.39 is 11.7 Å². The number of hydrogen-bond donors (Lipinski definition) is 1. The number of benzene rings is 2. The standard InChI is InChI=1S/C17H16F3N/c1-11-9-13-10-14(17(18,19)20)7-8-15(13)21-16(11)12-5-3-2-4-6-12/h2-8,10-11,16,21H,9H2,1H3/t11-,16+/m1/s1. The number of anilines is 1. The monoisotopic (exact) mass is 291 g/mol. The van der Waals surface area contributed by atoms with Crippen molar-refractivity contribution in [2.24, 2.45) is 5.92 Å². The van der Waals surface area contributed by atoms with Gasteiger partial charge in [-0.2, -0.15) is 13.2 Å². The van der Waals surface area contributed by atoms with Gasteiger partial charge in [-0.1, -0.05) is 37.3 Å². The van der Waals surface area contributed by atoms with Crippen LogP contribution in [-0.2, 0) is 12.6 Å². The minimum absolute atomic E-state index is 0.135. The van der Waals surface area contributed by atoms with Gasteiger partial charge in [-0.3, -0.25) is 0 Å². The van der Waals surface area contributed by atoms with E-state index in [1.807, 2.05) is 30.3 Å². The Labute approximate surface area is 121 Å². The first-order valence-electron chi connectivity index (χ1n) is 6.97. The summed E-state index contributed by atoms with van der Waals surface area (Å²) in [5, 5.41) is 3.37. The van der Waals surface area contributed by atoms with Crippen molar-refractivity contribution >= 4 is 5.69 Å². The molecule has 0 aliphatic carbocycles. The van der Waals surface area contributed by atoms with Gasteiger partial charge in [0.15, 0.2) is 0 Å². The van der Waals surface area contributed by atoms with Crippen LogP contribution >= 0.6 is 0 Å². The highest BCUT2D eigenvalue weighted by Gasteiger charge is 2.33. The molecule has 1 heterocycles. The lowest BCUT2D eigenvalue weighted by Gasteiger charge is -2.33. The zero-order chi connectivity index (χ0) is 15.0. The van der Waals surface area contributed by atoms with E-state index in [0.717, 1.165) is 22.9 Å². The molecular formula is C17H16F3N. The molecule has 1 aliphatic heterocycles. The molecule has 2 aromatic carbocycles. The van der Waals surface area contributed by atoms with Gasteiger partial charge in [0.2, 0.25) is 0 Å². The summed E-state index contributed by atoms with van der Waals surface area (Å²) in [7, 11) is 0. The van der Waals surface area contributed by atoms with Gasteiger partial charge in [0.05, 0.1) is 11.6 Å². The molecule has 1 aliphatic rings. The summed E-state index contributed by atoms with van der Waals surface area (Å²) in [6.45, 7) is 2.06. The van der Waals surface area contributed by atoms with Crippen LogP contribution in [-0.4, -0.2) is 0 Å². The van der Waals surface area contributed by atoms with E-state index in [0.29, 0.717) is 6.42 Å². The highest BCUT2D eigenvalue weighted by atomic mass is 19.4. The lowest BCUT2D eigenvalue weighted by Crippen LogP contribution is -2.26. The highest BCUT2D eigenvalue weighted by molar-refractivity contribution is 5.57. The Bertz CT molecular complexity index is 634. The molecule has 0 saturated carbocycles. The Morgan fingerprint density at radius 1 is 1.05 bits per heavy atom. The van der Waals surface area contributed by atoms with Gasteiger partial charge >= 0.3 is 6.18 Å². The van der Waals surface area contributed by atoms with E-state index in [9.17, 15) is 13.2 Å². The Morgan fingerprint density at radius 2 is 1.76 bits per heavy atom. The molecule has 0 bridgehead atoms. The fourth-order valence-corrected chi connectivity index (χ4v) is 2.93. The van der Waals surface area contributed by atoms with Gasteiger partial charge in [-0.25, -0.2) is 0 Å². The van der Waals surface area contributed by atoms with E-state index in [4.69, 9.17) is 0 Å². The molecule has 2 aromatic rings. The van der Waals surface area contributed by atoms with Crippen LogP contribution in [0.3, 0.4) is 0 Å². The van der Waals surface area contributed by atoms with Gasteiger partial charge in [0, 0.05) is 5.69 Å². The third kappa shape index (κ3) is 2.75. The molecule has 1 nitrogen and oxygen atoms in total. The van der Waals surface area contributed by atoms with E-state index in [2.05, 4.69) is 12.2 Å². The number of fused-ring (bicyclic) bond motifs is 1. The van der Waals surface area contributed by atoms with Crippen LogP contribution in [0, 0.1) is 5.92 Å². The summed E-state index contributed by atoms with van der Waals surface area (Å²) in [5.41, 5.74) is 2.13. The number of nitrogens with one attached hydrogen (secondary N) is 1. The quantitative estimate of drug-likeness (QED) is 0.775. The second kappa shape index (κ2) is 5.10. The van der Waals surface area contributed by atoms with E-state index in [-0.39, 0.29) is 12.0 Å². The van der Waals surface area contributed by atoms with Crippen molar-refractivity contribution in [3.05, 3.63) is 65.2 Å². The first-order chi connectivity index (χ1) is 9.95. The van der Waals surface area contributed by atoms with Crippen molar-refractivity contribution in [2.75, 3.05) is 5.32 Å². The maximum Gasteiger partial charge on any atom is 0.416 e. The predicted molar refractivity (Wildman–Crippen MR) is 77.1 cm³/mol. The molecule has 1 N–H and O–H groups in total. The molecule has 4 heteroatoms. The average molecular weight is 291 g/mol. The van der Waals surface area contributed by atoms with Crippen LogP contribution in [0.15, 0.2) is 48.5 Å². The molecule has 21 heavy (non-hydrogen) atoms. The Morgan fingerprint density at radius 3 is 2.43 bits per heavy atom. The van der Waals surface area contributed by atoms with Gasteiger partial charge in [-0.15, -0.1) is 0 Å². The SMILES string of the molecule is C[C@@H]1Cc2cc(C(F)(F)F)ccc2N[C@@H]1c1ccccc1. The van der Waals surface area contributed by atoms with Crippen molar-refractivity contribution in [3.63, 3.8) is 0 Å². The molecule has 0 unspecified atom stereocenters. The molecule has 0 radical (unpaired) electrons. The van der Waals surface area contributed by atoms with Crippen LogP contribution in [0.1, 0.15) is 29.7 Å². The van der Waals surface area contributed by atoms with Gasteiger partial charge in [-0.05, 0) is 41.7 Å². The summed E-state index contributed by atoms with van der Waals surface area (Å²) < 4.78 is 38.3. The van der Waals surface area contributed by atoms with E-state index in [1.165, 1.54) is 6.07 Å². The predicted octanol–water partition coefficient (Wildman–Crippen LogP) is 5.05. The smallest absolute Gasteiger partial charge is 0.378 e. The molecule has 0 fully saturated rings. The average Bonchev–Trinajstić information content (AvgIpc) is 2.46. The van der Waals surface area contributed by atoms with Crippen LogP contribution in [0.4, 0.5) is 18.9 Å². The zero-order valence-corrected chi connectivity index (χ0v) is 11.6. The van der Waals surface area contributed by atoms with Crippen LogP contribution in [0.25, 0.3) is 0 Å². The first kappa shape index (κ1) is 14.0. The molecule has 0 saturated heterocycles. The van der Waals surface area contributed by atoms with Crippen LogP contribution in [0.2, 0.25) is 0 Å². The maximum atomic E-state index is 12.8. The minimum atomic E-state index is -4.28. The minimum Gasteiger partial charge on any atom is -0.378 e. The topological polar surface area (TPSA) is 12.0 Å². The second-order valence-corrected chi connectivity index (χ2v) is 5.58. The molecule has 3 rings (SSSR count). The lowest BCUT2D eigenvalue weighted by molar-refractivity contribution is -0.137. The molecule has 110 valence electrons. The molecule has 2 atom stereocenters. The van der Waals surface area contributed by atoms with Crippen LogP contribution < -0.4 is 5.32 Å². The summed E-state index contributed by atoms with van der Waals surface area (Å²) in [5.74, 6) is 0.239. The highest BCUT2D eigenvalue weighted by Crippen LogP contribution is 2.39. The lowest BCUT2D eigenvalue weighted by atomic mass is 9.84. The van der Waals surface area contributed by atoms with Crippen molar-refractivity contribution in [1.29, 1.82) is 0 Å². The van der Waals surface area contributed by atoms with Gasteiger partial charge < -0.3 is 5.32 Å². The summed E-state index contributed by atoms with van der Waals surface area (Å²) in [6.07, 6.45) is -3.64. The normalized spacial score (nSPS) is 21.5. The van der Waals surface area contributed by atoms with Gasteiger partial charge in [0.25, 0.3) is 0 Å². The fourth-order valence-electron chi connectivity index (χ4n) is 2.93. The summed E-state index contributed by atoms with van der Waals surface area (Å²) >= 11 is 0. The molecule has 0 spiro atoms. The molecular weight excluding hydrogens is 275 g/mol. The maximum absolute atomic E-state index is 12.8. The number of halogens is 3. The Kier molecular flexibility index (Phi) is 3.40. The Balaban J connectivity index is 1.93. The third-order valence-corrected chi connectivity index (χ3v) is 4.01. The van der Waals surface area contributed by atoms with Crippen molar-refractivity contribution in [2.45, 2.75) is 25.6 Å². The molecule has 0 amide bonds. The molecule has 0 aromatic heterocycles. The van der Waals surface area contributed by atoms with E-state index in [1.54, 1.807) is 6.07 Å². The Hall–Kier alpha value is -1.97. The summed E-state index contributed by atoms with van der Waals surface area (Å²) in [4.78, 5) is 0. The van der Waals surface area contributed by atoms with E-state index >= 15 is 0 Å². The van der Waals surface area contributed by atoms with Gasteiger partial charge in [0.1, 0.15) is 0 Å². The number of rotatable bonds is 1. The largest absolute Gasteiger partial charge is 0.416 e. The van der Waals surface area contributed by atoms with Crippen LogP contribution in [0.5, 0.6) is 0 Å². The summed E-state index contributed by atoms with van der Waals surface area (Å²) in [6, 6.07) is 14.1. The fraction of sp³-hybridized carbons (Fsp3) is 0.294. The van der Waals surface area contributed by atoms with Crippen molar-refractivity contribution in [3.8, 4) is 0 Å². The number of hydrogen-bond acceptors (Lipinski definition) is 1. The first-order valence-corrected chi connectivity index (χ1v) is 6.97. The zero-order valence-electron chi connectivity index (χ0n) is 11.6.